The van der Waals surface area contributed by atoms with Gasteiger partial charge in [-0.25, -0.2) is 0 Å². The molecule has 0 amide bonds. The van der Waals surface area contributed by atoms with Crippen LogP contribution in [0, 0.1) is 0 Å². The van der Waals surface area contributed by atoms with Crippen LogP contribution in [0.2, 0.25) is 0 Å². The van der Waals surface area contributed by atoms with E-state index in [-0.39, 0.29) is 0 Å². The van der Waals surface area contributed by atoms with Crippen LogP contribution >= 0.6 is 0 Å². The Morgan fingerprint density at radius 3 is 1.75 bits per heavy atom. The van der Waals surface area contributed by atoms with Gasteiger partial charge >= 0.3 is 0 Å². The number of para-hydroxylation sites is 1. The predicted molar refractivity (Wildman–Crippen MR) is 188 cm³/mol. The van der Waals surface area contributed by atoms with E-state index >= 15 is 0 Å². The Hall–Kier alpha value is -5.79. The van der Waals surface area contributed by atoms with Crippen molar-refractivity contribution in [3.05, 3.63) is 164 Å². The van der Waals surface area contributed by atoms with Crippen molar-refractivity contribution in [1.82, 2.24) is 4.98 Å². The maximum absolute atomic E-state index is 4.99. The van der Waals surface area contributed by atoms with Crippen LogP contribution in [0.5, 0.6) is 0 Å². The van der Waals surface area contributed by atoms with Gasteiger partial charge in [-0.15, -0.1) is 0 Å². The summed E-state index contributed by atoms with van der Waals surface area (Å²) in [4.78, 5) is 4.99. The quantitative estimate of drug-likeness (QED) is 0.155. The molecule has 44 heavy (non-hydrogen) atoms. The first-order valence-electron chi connectivity index (χ1n) is 15.1. The molecule has 0 fully saturated rings. The lowest BCUT2D eigenvalue weighted by atomic mass is 9.84. The molecule has 9 rings (SSSR count). The van der Waals surface area contributed by atoms with E-state index in [1.807, 2.05) is 0 Å². The van der Waals surface area contributed by atoms with Gasteiger partial charge in [0, 0.05) is 22.4 Å². The Balaban J connectivity index is 1.35. The van der Waals surface area contributed by atoms with Crippen LogP contribution in [0.25, 0.3) is 87.4 Å². The largest absolute Gasteiger partial charge is 0.256 e. The summed E-state index contributed by atoms with van der Waals surface area (Å²) in [5.74, 6) is 0. The number of nitrogens with zero attached hydrogens (tertiary/aromatic N) is 1. The summed E-state index contributed by atoms with van der Waals surface area (Å²) >= 11 is 0. The minimum absolute atomic E-state index is 1.01. The third-order valence-electron chi connectivity index (χ3n) is 9.07. The fourth-order valence-corrected chi connectivity index (χ4v) is 7.05. The third kappa shape index (κ3) is 3.83. The Morgan fingerprint density at radius 1 is 0.341 bits per heavy atom. The zero-order valence-corrected chi connectivity index (χ0v) is 24.0. The lowest BCUT2D eigenvalue weighted by Crippen LogP contribution is -1.93. The maximum atomic E-state index is 4.99. The summed E-state index contributed by atoms with van der Waals surface area (Å²) in [5.41, 5.74) is 8.38. The number of pyridine rings is 1. The van der Waals surface area contributed by atoms with Crippen molar-refractivity contribution in [1.29, 1.82) is 0 Å². The molecular formula is C43H27N. The molecule has 1 heterocycles. The summed E-state index contributed by atoms with van der Waals surface area (Å²) in [6.07, 6.45) is 2.09. The van der Waals surface area contributed by atoms with Crippen molar-refractivity contribution in [2.45, 2.75) is 0 Å². The number of benzene rings is 8. The molecule has 0 aliphatic heterocycles. The van der Waals surface area contributed by atoms with Crippen LogP contribution in [0.15, 0.2) is 164 Å². The molecule has 0 radical (unpaired) electrons. The van der Waals surface area contributed by atoms with E-state index in [4.69, 9.17) is 4.98 Å². The summed E-state index contributed by atoms with van der Waals surface area (Å²) in [6, 6.07) is 57.1. The van der Waals surface area contributed by atoms with Crippen molar-refractivity contribution in [3.63, 3.8) is 0 Å². The molecule has 0 saturated carbocycles. The highest BCUT2D eigenvalue weighted by atomic mass is 14.6. The van der Waals surface area contributed by atoms with Crippen LogP contribution < -0.4 is 0 Å². The van der Waals surface area contributed by atoms with Crippen LogP contribution in [0.3, 0.4) is 0 Å². The van der Waals surface area contributed by atoms with E-state index in [0.717, 1.165) is 5.52 Å². The molecule has 0 unspecified atom stereocenters. The van der Waals surface area contributed by atoms with Gasteiger partial charge in [0.1, 0.15) is 0 Å². The van der Waals surface area contributed by atoms with Crippen molar-refractivity contribution in [3.8, 4) is 33.4 Å². The van der Waals surface area contributed by atoms with Gasteiger partial charge in [0.05, 0.1) is 5.52 Å². The molecule has 0 spiro atoms. The molecular weight excluding hydrogens is 530 g/mol. The minimum atomic E-state index is 1.01. The van der Waals surface area contributed by atoms with E-state index in [1.54, 1.807) is 0 Å². The predicted octanol–water partition coefficient (Wildman–Crippen LogP) is 11.8. The summed E-state index contributed by atoms with van der Waals surface area (Å²) < 4.78 is 0. The highest BCUT2D eigenvalue weighted by molar-refractivity contribution is 6.27. The standard InChI is InChI=1S/C43H27N/c1-2-12-32-26-33(25-20-28(32)10-1)42-37-16-6-5-15-36(37)41(39-27-44-40-19-8-7-17-38(40)43(39)42)31-23-21-30(22-24-31)35-18-9-13-29-11-3-4-14-34(29)35/h1-27H. The Morgan fingerprint density at radius 2 is 0.932 bits per heavy atom. The molecule has 1 nitrogen and oxygen atoms in total. The van der Waals surface area contributed by atoms with E-state index in [0.29, 0.717) is 0 Å². The van der Waals surface area contributed by atoms with E-state index in [1.165, 1.54) is 81.9 Å². The molecule has 0 saturated heterocycles. The minimum Gasteiger partial charge on any atom is -0.256 e. The average Bonchev–Trinajstić information content (AvgIpc) is 3.10. The maximum Gasteiger partial charge on any atom is 0.0708 e. The van der Waals surface area contributed by atoms with Crippen molar-refractivity contribution >= 4 is 54.0 Å². The second-order valence-electron chi connectivity index (χ2n) is 11.5. The zero-order valence-electron chi connectivity index (χ0n) is 24.0. The normalized spacial score (nSPS) is 11.6. The van der Waals surface area contributed by atoms with Gasteiger partial charge in [0.2, 0.25) is 0 Å². The van der Waals surface area contributed by atoms with Crippen LogP contribution in [-0.2, 0) is 0 Å². The second-order valence-corrected chi connectivity index (χ2v) is 11.5. The Labute approximate surface area is 255 Å². The molecule has 0 aliphatic carbocycles. The molecule has 0 N–H and O–H groups in total. The molecule has 204 valence electrons. The fraction of sp³-hybridized carbons (Fsp3) is 0. The first kappa shape index (κ1) is 24.8. The monoisotopic (exact) mass is 557 g/mol. The van der Waals surface area contributed by atoms with Gasteiger partial charge in [-0.3, -0.25) is 4.98 Å². The first-order valence-corrected chi connectivity index (χ1v) is 15.1. The summed E-state index contributed by atoms with van der Waals surface area (Å²) in [5, 5.41) is 11.1. The number of hydrogen-bond acceptors (Lipinski definition) is 1. The Bertz CT molecular complexity index is 2540. The first-order chi connectivity index (χ1) is 21.8. The molecule has 0 bridgehead atoms. The third-order valence-corrected chi connectivity index (χ3v) is 9.07. The second kappa shape index (κ2) is 9.90. The van der Waals surface area contributed by atoms with Crippen molar-refractivity contribution in [2.24, 2.45) is 0 Å². The smallest absolute Gasteiger partial charge is 0.0708 e. The van der Waals surface area contributed by atoms with Gasteiger partial charge in [-0.05, 0) is 77.8 Å². The average molecular weight is 558 g/mol. The van der Waals surface area contributed by atoms with Gasteiger partial charge in [0.15, 0.2) is 0 Å². The lowest BCUT2D eigenvalue weighted by molar-refractivity contribution is 1.45. The van der Waals surface area contributed by atoms with E-state index in [2.05, 4.69) is 164 Å². The lowest BCUT2D eigenvalue weighted by Gasteiger charge is -2.19. The SMILES string of the molecule is c1ccc2cc(-c3c4ccccc4c(-c4ccc(-c5cccc6ccccc56)cc4)c4cnc5ccccc5c34)ccc2c1. The number of hydrogen-bond donors (Lipinski definition) is 0. The summed E-state index contributed by atoms with van der Waals surface area (Å²) in [7, 11) is 0. The highest BCUT2D eigenvalue weighted by Gasteiger charge is 2.19. The number of rotatable bonds is 3. The number of fused-ring (bicyclic) bond motifs is 6. The van der Waals surface area contributed by atoms with Crippen LogP contribution in [0.4, 0.5) is 0 Å². The highest BCUT2D eigenvalue weighted by Crippen LogP contribution is 2.46. The van der Waals surface area contributed by atoms with Crippen molar-refractivity contribution < 1.29 is 0 Å². The zero-order chi connectivity index (χ0) is 29.0. The molecule has 1 heteroatoms. The van der Waals surface area contributed by atoms with Crippen LogP contribution in [-0.4, -0.2) is 4.98 Å². The van der Waals surface area contributed by atoms with Crippen LogP contribution in [0.1, 0.15) is 0 Å². The van der Waals surface area contributed by atoms with Crippen molar-refractivity contribution in [2.75, 3.05) is 0 Å². The topological polar surface area (TPSA) is 12.9 Å². The number of aromatic nitrogens is 1. The Kier molecular flexibility index (Phi) is 5.57. The molecule has 8 aromatic carbocycles. The van der Waals surface area contributed by atoms with E-state index < -0.39 is 0 Å². The van der Waals surface area contributed by atoms with E-state index in [9.17, 15) is 0 Å². The molecule has 0 atom stereocenters. The molecule has 0 aliphatic rings. The van der Waals surface area contributed by atoms with Gasteiger partial charge < -0.3 is 0 Å². The summed E-state index contributed by atoms with van der Waals surface area (Å²) in [6.45, 7) is 0. The van der Waals surface area contributed by atoms with Gasteiger partial charge in [0.25, 0.3) is 0 Å². The molecule has 9 aromatic rings. The van der Waals surface area contributed by atoms with Gasteiger partial charge in [-0.1, -0.05) is 146 Å². The molecule has 1 aromatic heterocycles. The van der Waals surface area contributed by atoms with Gasteiger partial charge in [-0.2, -0.15) is 0 Å². The fourth-order valence-electron chi connectivity index (χ4n) is 7.05.